The third kappa shape index (κ3) is 6.91. The van der Waals surface area contributed by atoms with Crippen LogP contribution in [-0.4, -0.2) is 34.7 Å². The standard InChI is InChI=1S/C9H16FN3O3/c1-6(13-16)12-5-7(10)3-2-4-8(11)9(14)15/h3,8,16H,2,4-5,11H2,1H3,(H,12,13)(H,14,15)/b7-3+. The van der Waals surface area contributed by atoms with Gasteiger partial charge in [0.15, 0.2) is 0 Å². The molecule has 5 N–H and O–H groups in total. The number of nitrogens with one attached hydrogen (secondary N) is 1. The molecular weight excluding hydrogens is 217 g/mol. The van der Waals surface area contributed by atoms with Crippen LogP contribution in [0.25, 0.3) is 0 Å². The molecular formula is C9H16FN3O3. The molecule has 0 aliphatic rings. The Morgan fingerprint density at radius 1 is 1.69 bits per heavy atom. The number of halogens is 1. The zero-order valence-corrected chi connectivity index (χ0v) is 8.98. The monoisotopic (exact) mass is 233 g/mol. The van der Waals surface area contributed by atoms with Crippen molar-refractivity contribution in [3.05, 3.63) is 11.9 Å². The number of hydrogen-bond donors (Lipinski definition) is 4. The van der Waals surface area contributed by atoms with Gasteiger partial charge in [0, 0.05) is 0 Å². The summed E-state index contributed by atoms with van der Waals surface area (Å²) in [6, 6.07) is -0.978. The smallest absolute Gasteiger partial charge is 0.320 e. The molecule has 92 valence electrons. The van der Waals surface area contributed by atoms with Crippen molar-refractivity contribution < 1.29 is 19.5 Å². The van der Waals surface area contributed by atoms with Gasteiger partial charge in [-0.2, -0.15) is 0 Å². The lowest BCUT2D eigenvalue weighted by Gasteiger charge is -2.02. The van der Waals surface area contributed by atoms with Gasteiger partial charge in [0.05, 0.1) is 6.54 Å². The highest BCUT2D eigenvalue weighted by Crippen LogP contribution is 2.03. The van der Waals surface area contributed by atoms with Crippen molar-refractivity contribution in [2.75, 3.05) is 6.54 Å². The number of carboxylic acids is 1. The van der Waals surface area contributed by atoms with Gasteiger partial charge in [-0.1, -0.05) is 6.08 Å². The normalized spacial score (nSPS) is 14.8. The number of hydrogen-bond acceptors (Lipinski definition) is 4. The molecule has 0 bridgehead atoms. The average molecular weight is 233 g/mol. The fourth-order valence-electron chi connectivity index (χ4n) is 0.837. The van der Waals surface area contributed by atoms with Crippen molar-refractivity contribution in [3.8, 4) is 0 Å². The minimum Gasteiger partial charge on any atom is -0.480 e. The number of nitrogens with zero attached hydrogens (tertiary/aromatic N) is 1. The minimum atomic E-state index is -1.10. The Balaban J connectivity index is 3.92. The highest BCUT2D eigenvalue weighted by molar-refractivity contribution is 5.78. The van der Waals surface area contributed by atoms with Crippen molar-refractivity contribution in [1.82, 2.24) is 5.48 Å². The highest BCUT2D eigenvalue weighted by Gasteiger charge is 2.09. The van der Waals surface area contributed by atoms with E-state index in [4.69, 9.17) is 16.0 Å². The zero-order valence-electron chi connectivity index (χ0n) is 8.98. The van der Waals surface area contributed by atoms with Crippen molar-refractivity contribution in [3.63, 3.8) is 0 Å². The quantitative estimate of drug-likeness (QED) is 0.302. The Morgan fingerprint density at radius 2 is 2.31 bits per heavy atom. The second kappa shape index (κ2) is 7.77. The third-order valence-corrected chi connectivity index (χ3v) is 1.79. The van der Waals surface area contributed by atoms with Gasteiger partial charge < -0.3 is 10.8 Å². The Hall–Kier alpha value is -1.47. The molecule has 0 saturated carbocycles. The van der Waals surface area contributed by atoms with Crippen LogP contribution in [0.2, 0.25) is 0 Å². The van der Waals surface area contributed by atoms with Crippen LogP contribution in [-0.2, 0) is 4.79 Å². The molecule has 0 aromatic carbocycles. The molecule has 0 aliphatic heterocycles. The number of nitrogens with two attached hydrogens (primary N) is 1. The summed E-state index contributed by atoms with van der Waals surface area (Å²) in [6.07, 6.45) is 1.64. The minimum absolute atomic E-state index is 0.170. The van der Waals surface area contributed by atoms with Crippen LogP contribution in [0, 0.1) is 0 Å². The summed E-state index contributed by atoms with van der Waals surface area (Å²) < 4.78 is 13.0. The number of carbonyl (C=O) groups is 1. The van der Waals surface area contributed by atoms with E-state index in [9.17, 15) is 9.18 Å². The molecule has 0 spiro atoms. The van der Waals surface area contributed by atoms with Crippen molar-refractivity contribution in [2.24, 2.45) is 10.7 Å². The molecule has 6 nitrogen and oxygen atoms in total. The largest absolute Gasteiger partial charge is 0.480 e. The van der Waals surface area contributed by atoms with E-state index in [-0.39, 0.29) is 25.2 Å². The van der Waals surface area contributed by atoms with Gasteiger partial charge in [-0.3, -0.25) is 20.5 Å². The molecule has 1 atom stereocenters. The summed E-state index contributed by atoms with van der Waals surface area (Å²) in [4.78, 5) is 14.0. The molecule has 0 aliphatic carbocycles. The summed E-state index contributed by atoms with van der Waals surface area (Å²) in [6.45, 7) is 1.29. The molecule has 0 saturated heterocycles. The first-order chi connectivity index (χ1) is 7.47. The first kappa shape index (κ1) is 14.5. The van der Waals surface area contributed by atoms with E-state index in [1.54, 1.807) is 5.48 Å². The van der Waals surface area contributed by atoms with Crippen LogP contribution in [0.3, 0.4) is 0 Å². The number of allylic oxidation sites excluding steroid dienone is 1. The summed E-state index contributed by atoms with van der Waals surface area (Å²) >= 11 is 0. The Labute approximate surface area is 92.6 Å². The number of carboxylic acid groups (broad SMARTS) is 1. The van der Waals surface area contributed by atoms with Gasteiger partial charge in [0.25, 0.3) is 0 Å². The maximum absolute atomic E-state index is 13.0. The van der Waals surface area contributed by atoms with E-state index in [1.807, 2.05) is 0 Å². The lowest BCUT2D eigenvalue weighted by molar-refractivity contribution is -0.138. The summed E-state index contributed by atoms with van der Waals surface area (Å²) in [5, 5.41) is 16.8. The molecule has 0 aromatic rings. The fraction of sp³-hybridized carbons (Fsp3) is 0.556. The second-order valence-corrected chi connectivity index (χ2v) is 3.19. The number of amidine groups is 1. The Morgan fingerprint density at radius 3 is 2.81 bits per heavy atom. The van der Waals surface area contributed by atoms with E-state index in [1.165, 1.54) is 13.0 Å². The first-order valence-corrected chi connectivity index (χ1v) is 4.71. The number of rotatable bonds is 6. The zero-order chi connectivity index (χ0) is 12.6. The Bertz CT molecular complexity index is 292. The van der Waals surface area contributed by atoms with Crippen molar-refractivity contribution in [2.45, 2.75) is 25.8 Å². The fourth-order valence-corrected chi connectivity index (χ4v) is 0.837. The summed E-state index contributed by atoms with van der Waals surface area (Å²) in [5.41, 5.74) is 6.99. The van der Waals surface area contributed by atoms with Gasteiger partial charge in [-0.25, -0.2) is 4.39 Å². The van der Waals surface area contributed by atoms with Gasteiger partial charge >= 0.3 is 5.97 Å². The van der Waals surface area contributed by atoms with Gasteiger partial charge in [0.1, 0.15) is 17.7 Å². The van der Waals surface area contributed by atoms with Crippen molar-refractivity contribution >= 4 is 11.8 Å². The molecule has 0 rings (SSSR count). The van der Waals surface area contributed by atoms with E-state index in [0.717, 1.165) is 0 Å². The SMILES string of the molecule is CC(=NC/C(F)=C\CCC(N)C(=O)O)NO. The molecule has 0 fully saturated rings. The maximum atomic E-state index is 13.0. The number of aliphatic imine (C=N–C) groups is 1. The van der Waals surface area contributed by atoms with Crippen LogP contribution in [0.4, 0.5) is 4.39 Å². The summed E-state index contributed by atoms with van der Waals surface area (Å²) in [5.74, 6) is -1.40. The number of aliphatic carboxylic acids is 1. The van der Waals surface area contributed by atoms with Crippen LogP contribution < -0.4 is 11.2 Å². The maximum Gasteiger partial charge on any atom is 0.320 e. The molecule has 0 amide bonds. The van der Waals surface area contributed by atoms with Gasteiger partial charge in [-0.15, -0.1) is 0 Å². The van der Waals surface area contributed by atoms with Crippen LogP contribution in [0.15, 0.2) is 16.9 Å². The second-order valence-electron chi connectivity index (χ2n) is 3.19. The van der Waals surface area contributed by atoms with Gasteiger partial charge in [0.2, 0.25) is 0 Å². The highest BCUT2D eigenvalue weighted by atomic mass is 19.1. The van der Waals surface area contributed by atoms with E-state index >= 15 is 0 Å². The lowest BCUT2D eigenvalue weighted by atomic mass is 10.1. The van der Waals surface area contributed by atoms with Gasteiger partial charge in [-0.05, 0) is 19.8 Å². The molecule has 1 unspecified atom stereocenters. The first-order valence-electron chi connectivity index (χ1n) is 4.71. The average Bonchev–Trinajstić information content (AvgIpc) is 2.25. The van der Waals surface area contributed by atoms with Crippen LogP contribution in [0.1, 0.15) is 19.8 Å². The Kier molecular flexibility index (Phi) is 7.06. The van der Waals surface area contributed by atoms with Crippen molar-refractivity contribution in [1.29, 1.82) is 0 Å². The topological polar surface area (TPSA) is 108 Å². The predicted molar refractivity (Wildman–Crippen MR) is 56.9 cm³/mol. The lowest BCUT2D eigenvalue weighted by Crippen LogP contribution is -2.29. The molecule has 0 heterocycles. The van der Waals surface area contributed by atoms with Crippen LogP contribution >= 0.6 is 0 Å². The third-order valence-electron chi connectivity index (χ3n) is 1.79. The molecule has 7 heteroatoms. The van der Waals surface area contributed by atoms with Crippen LogP contribution in [0.5, 0.6) is 0 Å². The number of hydroxylamine groups is 1. The molecule has 0 radical (unpaired) electrons. The van der Waals surface area contributed by atoms with E-state index in [0.29, 0.717) is 0 Å². The van der Waals surface area contributed by atoms with E-state index < -0.39 is 17.8 Å². The molecule has 0 aromatic heterocycles. The summed E-state index contributed by atoms with van der Waals surface area (Å²) in [7, 11) is 0. The predicted octanol–water partition coefficient (Wildman–Crippen LogP) is 0.429. The molecule has 16 heavy (non-hydrogen) atoms. The van der Waals surface area contributed by atoms with E-state index in [2.05, 4.69) is 4.99 Å².